The van der Waals surface area contributed by atoms with E-state index in [0.717, 1.165) is 42.6 Å². The summed E-state index contributed by atoms with van der Waals surface area (Å²) in [5, 5.41) is 0. The second kappa shape index (κ2) is 9.05. The van der Waals surface area contributed by atoms with E-state index in [1.807, 2.05) is 29.2 Å². The Morgan fingerprint density at radius 2 is 1.78 bits per heavy atom. The van der Waals surface area contributed by atoms with Crippen molar-refractivity contribution in [2.45, 2.75) is 51.7 Å². The van der Waals surface area contributed by atoms with Crippen LogP contribution in [-0.2, 0) is 24.3 Å². The van der Waals surface area contributed by atoms with Crippen molar-refractivity contribution in [3.05, 3.63) is 65.2 Å². The highest BCUT2D eigenvalue weighted by Gasteiger charge is 2.31. The van der Waals surface area contributed by atoms with Crippen molar-refractivity contribution < 1.29 is 9.53 Å². The maximum Gasteiger partial charge on any atom is 0.226 e. The number of ether oxygens (including phenoxy) is 1. The zero-order chi connectivity index (χ0) is 19.2. The van der Waals surface area contributed by atoms with E-state index in [1.165, 1.54) is 5.56 Å². The molecule has 2 aromatic rings. The smallest absolute Gasteiger partial charge is 0.226 e. The number of hydrogen-bond donors (Lipinski definition) is 1. The molecule has 4 nitrogen and oxygen atoms in total. The number of aryl methyl sites for hydroxylation is 1. The fraction of sp³-hybridized carbons (Fsp3) is 0.435. The van der Waals surface area contributed by atoms with Crippen molar-refractivity contribution in [1.29, 1.82) is 0 Å². The van der Waals surface area contributed by atoms with Crippen LogP contribution in [0.3, 0.4) is 0 Å². The Balaban J connectivity index is 1.82. The molecule has 0 bridgehead atoms. The summed E-state index contributed by atoms with van der Waals surface area (Å²) in [5.74, 6) is 1.05. The van der Waals surface area contributed by atoms with Crippen LogP contribution in [0.4, 0.5) is 0 Å². The van der Waals surface area contributed by atoms with Gasteiger partial charge in [-0.3, -0.25) is 4.79 Å². The maximum absolute atomic E-state index is 13.3. The molecule has 4 heteroatoms. The van der Waals surface area contributed by atoms with Crippen molar-refractivity contribution >= 4 is 5.91 Å². The molecule has 2 atom stereocenters. The molecule has 27 heavy (non-hydrogen) atoms. The summed E-state index contributed by atoms with van der Waals surface area (Å²) in [6.45, 7) is 3.30. The number of methoxy groups -OCH3 is 1. The van der Waals surface area contributed by atoms with Gasteiger partial charge in [0.2, 0.25) is 5.91 Å². The van der Waals surface area contributed by atoms with E-state index >= 15 is 0 Å². The number of para-hydroxylation sites is 1. The molecule has 1 amide bonds. The first-order valence-electron chi connectivity index (χ1n) is 9.84. The van der Waals surface area contributed by atoms with Crippen LogP contribution in [-0.4, -0.2) is 24.0 Å². The third-order valence-electron chi connectivity index (χ3n) is 5.49. The van der Waals surface area contributed by atoms with E-state index < -0.39 is 0 Å². The molecule has 0 spiro atoms. The molecule has 0 aromatic heterocycles. The van der Waals surface area contributed by atoms with E-state index in [1.54, 1.807) is 7.11 Å². The molecule has 0 unspecified atom stereocenters. The van der Waals surface area contributed by atoms with Gasteiger partial charge < -0.3 is 15.4 Å². The van der Waals surface area contributed by atoms with Gasteiger partial charge in [-0.2, -0.15) is 0 Å². The number of hydrogen-bond acceptors (Lipinski definition) is 3. The molecule has 0 saturated heterocycles. The number of carbonyl (C=O) groups is 1. The Bertz CT molecular complexity index is 757. The lowest BCUT2D eigenvalue weighted by molar-refractivity contribution is -0.136. The lowest BCUT2D eigenvalue weighted by Crippen LogP contribution is -2.35. The maximum atomic E-state index is 13.3. The van der Waals surface area contributed by atoms with Crippen molar-refractivity contribution in [3.63, 3.8) is 0 Å². The molecule has 2 aromatic carbocycles. The van der Waals surface area contributed by atoms with Crippen LogP contribution in [0.1, 0.15) is 42.9 Å². The summed E-state index contributed by atoms with van der Waals surface area (Å²) >= 11 is 0. The first-order chi connectivity index (χ1) is 13.1. The third kappa shape index (κ3) is 4.89. The van der Waals surface area contributed by atoms with Gasteiger partial charge in [-0.15, -0.1) is 0 Å². The van der Waals surface area contributed by atoms with Gasteiger partial charge >= 0.3 is 0 Å². The summed E-state index contributed by atoms with van der Waals surface area (Å²) in [6, 6.07) is 16.6. The van der Waals surface area contributed by atoms with Gasteiger partial charge in [-0.05, 0) is 42.9 Å². The van der Waals surface area contributed by atoms with Gasteiger partial charge in [-0.25, -0.2) is 0 Å². The number of nitrogens with zero attached hydrogens (tertiary/aromatic N) is 1. The first kappa shape index (κ1) is 19.4. The highest BCUT2D eigenvalue weighted by atomic mass is 16.5. The summed E-state index contributed by atoms with van der Waals surface area (Å²) < 4.78 is 5.49. The van der Waals surface area contributed by atoms with Crippen molar-refractivity contribution in [1.82, 2.24) is 4.90 Å². The first-order valence-corrected chi connectivity index (χ1v) is 9.84. The molecule has 0 heterocycles. The average molecular weight is 367 g/mol. The lowest BCUT2D eigenvalue weighted by Gasteiger charge is -2.27. The molecule has 1 aliphatic carbocycles. The van der Waals surface area contributed by atoms with Gasteiger partial charge in [0.05, 0.1) is 7.11 Å². The SMILES string of the molecule is CCc1ccc(CN(Cc2ccccc2OC)C(=O)[C@H]2CC[C@@H](N)C2)cc1. The summed E-state index contributed by atoms with van der Waals surface area (Å²) in [7, 11) is 1.67. The Morgan fingerprint density at radius 1 is 1.07 bits per heavy atom. The highest BCUT2D eigenvalue weighted by Crippen LogP contribution is 2.28. The van der Waals surface area contributed by atoms with Crippen LogP contribution in [0.25, 0.3) is 0 Å². The Hall–Kier alpha value is -2.33. The minimum absolute atomic E-state index is 0.0321. The second-order valence-corrected chi connectivity index (χ2v) is 7.45. The predicted octanol–water partition coefficient (Wildman–Crippen LogP) is 3.91. The minimum atomic E-state index is 0.0321. The van der Waals surface area contributed by atoms with Gasteiger partial charge in [0, 0.05) is 30.6 Å². The summed E-state index contributed by atoms with van der Waals surface area (Å²) in [5.41, 5.74) is 9.54. The molecule has 1 saturated carbocycles. The fourth-order valence-electron chi connectivity index (χ4n) is 3.85. The highest BCUT2D eigenvalue weighted by molar-refractivity contribution is 5.79. The number of carbonyl (C=O) groups excluding carboxylic acids is 1. The summed E-state index contributed by atoms with van der Waals surface area (Å²) in [6.07, 6.45) is 3.63. The Morgan fingerprint density at radius 3 is 2.41 bits per heavy atom. The molecular formula is C23H30N2O2. The van der Waals surface area contributed by atoms with Crippen LogP contribution < -0.4 is 10.5 Å². The topological polar surface area (TPSA) is 55.6 Å². The number of nitrogens with two attached hydrogens (primary N) is 1. The van der Waals surface area contributed by atoms with Gasteiger partial charge in [0.25, 0.3) is 0 Å². The van der Waals surface area contributed by atoms with Crippen molar-refractivity contribution in [2.24, 2.45) is 11.7 Å². The molecule has 1 aliphatic rings. The normalized spacial score (nSPS) is 19.1. The molecule has 1 fully saturated rings. The average Bonchev–Trinajstić information content (AvgIpc) is 3.14. The predicted molar refractivity (Wildman–Crippen MR) is 108 cm³/mol. The molecule has 3 rings (SSSR count). The monoisotopic (exact) mass is 366 g/mol. The van der Waals surface area contributed by atoms with Gasteiger partial charge in [0.15, 0.2) is 0 Å². The van der Waals surface area contributed by atoms with E-state index in [9.17, 15) is 4.79 Å². The van der Waals surface area contributed by atoms with E-state index in [2.05, 4.69) is 31.2 Å². The van der Waals surface area contributed by atoms with Gasteiger partial charge in [0.1, 0.15) is 5.75 Å². The standard InChI is InChI=1S/C23H30N2O2/c1-3-17-8-10-18(11-9-17)15-25(23(26)19-12-13-21(24)14-19)16-20-6-4-5-7-22(20)27-2/h4-11,19,21H,3,12-16,24H2,1-2H3/t19-,21+/m0/s1. The zero-order valence-corrected chi connectivity index (χ0v) is 16.4. The molecule has 0 radical (unpaired) electrons. The van der Waals surface area contributed by atoms with E-state index in [-0.39, 0.29) is 17.9 Å². The molecular weight excluding hydrogens is 336 g/mol. The number of amides is 1. The van der Waals surface area contributed by atoms with Crippen LogP contribution in [0, 0.1) is 5.92 Å². The van der Waals surface area contributed by atoms with Gasteiger partial charge in [-0.1, -0.05) is 49.4 Å². The van der Waals surface area contributed by atoms with Crippen molar-refractivity contribution in [3.8, 4) is 5.75 Å². The Labute approximate surface area is 162 Å². The second-order valence-electron chi connectivity index (χ2n) is 7.45. The zero-order valence-electron chi connectivity index (χ0n) is 16.4. The van der Waals surface area contributed by atoms with Crippen LogP contribution in [0.15, 0.2) is 48.5 Å². The number of rotatable bonds is 7. The fourth-order valence-corrected chi connectivity index (χ4v) is 3.85. The van der Waals surface area contributed by atoms with E-state index in [4.69, 9.17) is 10.5 Å². The largest absolute Gasteiger partial charge is 0.496 e. The number of benzene rings is 2. The molecule has 144 valence electrons. The quantitative estimate of drug-likeness (QED) is 0.808. The van der Waals surface area contributed by atoms with Crippen LogP contribution >= 0.6 is 0 Å². The molecule has 0 aliphatic heterocycles. The summed E-state index contributed by atoms with van der Waals surface area (Å²) in [4.78, 5) is 15.2. The minimum Gasteiger partial charge on any atom is -0.496 e. The van der Waals surface area contributed by atoms with E-state index in [0.29, 0.717) is 13.1 Å². The van der Waals surface area contributed by atoms with Crippen LogP contribution in [0.2, 0.25) is 0 Å². The molecule has 2 N–H and O–H groups in total. The Kier molecular flexibility index (Phi) is 6.51. The lowest BCUT2D eigenvalue weighted by atomic mass is 10.0. The van der Waals surface area contributed by atoms with Crippen molar-refractivity contribution in [2.75, 3.05) is 7.11 Å². The van der Waals surface area contributed by atoms with Crippen LogP contribution in [0.5, 0.6) is 5.75 Å². The third-order valence-corrected chi connectivity index (χ3v) is 5.49.